The van der Waals surface area contributed by atoms with E-state index < -0.39 is 20.0 Å². The third-order valence-corrected chi connectivity index (χ3v) is 10.4. The van der Waals surface area contributed by atoms with Crippen LogP contribution in [0.5, 0.6) is 0 Å². The summed E-state index contributed by atoms with van der Waals surface area (Å²) in [7, 11) is 1.25. The van der Waals surface area contributed by atoms with E-state index in [0.717, 1.165) is 64.2 Å². The van der Waals surface area contributed by atoms with E-state index in [0.29, 0.717) is 17.4 Å². The molecule has 0 radical (unpaired) electrons. The van der Waals surface area contributed by atoms with Crippen LogP contribution < -0.4 is 10.2 Å². The highest BCUT2D eigenvalue weighted by Crippen LogP contribution is 2.38. The van der Waals surface area contributed by atoms with Crippen molar-refractivity contribution in [2.45, 2.75) is 187 Å². The van der Waals surface area contributed by atoms with E-state index in [1.165, 1.54) is 89.9 Å². The van der Waals surface area contributed by atoms with Crippen molar-refractivity contribution in [3.8, 4) is 0 Å². The van der Waals surface area contributed by atoms with Crippen molar-refractivity contribution in [1.82, 2.24) is 5.32 Å². The number of phosphoric ester groups is 1. The van der Waals surface area contributed by atoms with Gasteiger partial charge in [0.15, 0.2) is 0 Å². The third kappa shape index (κ3) is 40.2. The molecule has 0 saturated heterocycles. The molecule has 8 nitrogen and oxygen atoms in total. The average molecular weight is 793 g/mol. The van der Waals surface area contributed by atoms with Gasteiger partial charge in [-0.2, -0.15) is 0 Å². The number of likely N-dealkylation sites (N-methyl/N-ethyl adjacent to an activating group) is 1. The highest BCUT2D eigenvalue weighted by Gasteiger charge is 2.23. The number of aliphatic hydroxyl groups is 1. The number of aliphatic hydroxyl groups excluding tert-OH is 1. The molecule has 0 bridgehead atoms. The van der Waals surface area contributed by atoms with Crippen molar-refractivity contribution in [3.05, 3.63) is 60.8 Å². The van der Waals surface area contributed by atoms with Crippen LogP contribution in [-0.2, 0) is 18.4 Å². The number of unbranched alkanes of at least 4 members (excludes halogenated alkanes) is 18. The maximum atomic E-state index is 12.8. The van der Waals surface area contributed by atoms with Crippen LogP contribution in [-0.4, -0.2) is 68.5 Å². The smallest absolute Gasteiger partial charge is 0.268 e. The Balaban J connectivity index is 4.29. The zero-order valence-electron chi connectivity index (χ0n) is 36.1. The number of carbonyl (C=O) groups is 1. The van der Waals surface area contributed by atoms with E-state index in [1.807, 2.05) is 27.2 Å². The minimum atomic E-state index is -4.58. The first-order chi connectivity index (χ1) is 26.5. The number of hydrogen-bond donors (Lipinski definition) is 2. The minimum Gasteiger partial charge on any atom is -0.756 e. The lowest BCUT2D eigenvalue weighted by Crippen LogP contribution is -2.45. The molecule has 0 aromatic heterocycles. The fourth-order valence-corrected chi connectivity index (χ4v) is 6.69. The Hall–Kier alpha value is -1.80. The van der Waals surface area contributed by atoms with Gasteiger partial charge in [-0.3, -0.25) is 9.36 Å². The molecule has 0 aliphatic heterocycles. The van der Waals surface area contributed by atoms with E-state index in [4.69, 9.17) is 9.05 Å². The molecule has 0 saturated carbocycles. The molecule has 55 heavy (non-hydrogen) atoms. The van der Waals surface area contributed by atoms with E-state index >= 15 is 0 Å². The summed E-state index contributed by atoms with van der Waals surface area (Å²) in [5.74, 6) is -0.207. The van der Waals surface area contributed by atoms with Gasteiger partial charge in [-0.15, -0.1) is 0 Å². The van der Waals surface area contributed by atoms with Crippen molar-refractivity contribution >= 4 is 13.7 Å². The number of allylic oxidation sites excluding steroid dienone is 9. The Morgan fingerprint density at radius 1 is 0.655 bits per heavy atom. The quantitative estimate of drug-likeness (QED) is 0.0278. The molecule has 3 atom stereocenters. The van der Waals surface area contributed by atoms with Crippen LogP contribution in [0.25, 0.3) is 0 Å². The van der Waals surface area contributed by atoms with Gasteiger partial charge in [0.25, 0.3) is 7.82 Å². The monoisotopic (exact) mass is 793 g/mol. The van der Waals surface area contributed by atoms with Gasteiger partial charge in [0.2, 0.25) is 5.91 Å². The minimum absolute atomic E-state index is 0.00435. The second-order valence-corrected chi connectivity index (χ2v) is 17.4. The van der Waals surface area contributed by atoms with Gasteiger partial charge in [0.1, 0.15) is 13.2 Å². The number of nitrogens with zero attached hydrogens (tertiary/aromatic N) is 1. The average Bonchev–Trinajstić information content (AvgIpc) is 3.13. The van der Waals surface area contributed by atoms with Gasteiger partial charge in [0, 0.05) is 6.42 Å². The highest BCUT2D eigenvalue weighted by atomic mass is 31.2. The molecule has 0 fully saturated rings. The van der Waals surface area contributed by atoms with E-state index in [1.54, 1.807) is 6.08 Å². The van der Waals surface area contributed by atoms with E-state index in [2.05, 4.69) is 67.8 Å². The second-order valence-electron chi connectivity index (χ2n) is 16.0. The van der Waals surface area contributed by atoms with Crippen LogP contribution in [0.2, 0.25) is 0 Å². The van der Waals surface area contributed by atoms with Gasteiger partial charge in [-0.25, -0.2) is 0 Å². The highest BCUT2D eigenvalue weighted by molar-refractivity contribution is 7.45. The summed E-state index contributed by atoms with van der Waals surface area (Å²) in [5, 5.41) is 13.7. The number of rotatable bonds is 39. The Morgan fingerprint density at radius 2 is 1.11 bits per heavy atom. The first-order valence-corrected chi connectivity index (χ1v) is 23.6. The van der Waals surface area contributed by atoms with Crippen LogP contribution in [0.3, 0.4) is 0 Å². The van der Waals surface area contributed by atoms with Gasteiger partial charge in [-0.1, -0.05) is 171 Å². The third-order valence-electron chi connectivity index (χ3n) is 9.48. The number of hydrogen-bond acceptors (Lipinski definition) is 6. The van der Waals surface area contributed by atoms with Crippen LogP contribution in [0.4, 0.5) is 0 Å². The molecule has 0 rings (SSSR count). The van der Waals surface area contributed by atoms with Crippen molar-refractivity contribution < 1.29 is 32.9 Å². The van der Waals surface area contributed by atoms with Crippen LogP contribution in [0.1, 0.15) is 174 Å². The van der Waals surface area contributed by atoms with Crippen LogP contribution in [0.15, 0.2) is 60.8 Å². The SMILES string of the molecule is CC/C=C\C/C=C\C/C=C\C/C=C\CCCCCCCCCCCCC(=O)NC(COP(=O)([O-])OCC[N+](C)(C)C)C(O)/C=C/CCCCCCCCCC. The van der Waals surface area contributed by atoms with Crippen molar-refractivity contribution in [1.29, 1.82) is 0 Å². The Labute approximate surface area is 339 Å². The summed E-state index contributed by atoms with van der Waals surface area (Å²) in [6.45, 7) is 4.49. The fourth-order valence-electron chi connectivity index (χ4n) is 5.97. The first kappa shape index (κ1) is 53.2. The molecule has 2 N–H and O–H groups in total. The van der Waals surface area contributed by atoms with Gasteiger partial charge in [-0.05, 0) is 57.8 Å². The molecule has 1 amide bonds. The molecule has 0 aromatic carbocycles. The van der Waals surface area contributed by atoms with Crippen molar-refractivity contribution in [2.75, 3.05) is 40.9 Å². The van der Waals surface area contributed by atoms with Gasteiger partial charge >= 0.3 is 0 Å². The lowest BCUT2D eigenvalue weighted by molar-refractivity contribution is -0.870. The molecule has 3 unspecified atom stereocenters. The number of phosphoric acid groups is 1. The Kier molecular flexibility index (Phi) is 36.5. The summed E-state index contributed by atoms with van der Waals surface area (Å²) in [6, 6.07) is -0.888. The molecule has 0 spiro atoms. The van der Waals surface area contributed by atoms with Crippen molar-refractivity contribution in [2.24, 2.45) is 0 Å². The predicted molar refractivity (Wildman–Crippen MR) is 233 cm³/mol. The Morgan fingerprint density at radius 3 is 1.62 bits per heavy atom. The normalized spacial score (nSPS) is 15.0. The summed E-state index contributed by atoms with van der Waals surface area (Å²) < 4.78 is 23.1. The van der Waals surface area contributed by atoms with Crippen molar-refractivity contribution in [3.63, 3.8) is 0 Å². The van der Waals surface area contributed by atoms with E-state index in [-0.39, 0.29) is 19.1 Å². The standard InChI is InChI=1S/C46H85N2O6P/c1-6-8-10-12-14-16-18-19-20-21-22-23-24-25-26-27-28-29-30-32-34-36-38-40-46(50)47-44(43-54-55(51,52)53-42-41-48(3,4)5)45(49)39-37-35-33-31-17-15-13-11-9-7-2/h8,10,14,16,19-20,22-23,37,39,44-45,49H,6-7,9,11-13,15,17-18,21,24-36,38,40-43H2,1-5H3,(H-,47,50,51,52)/b10-8-,16-14-,20-19-,23-22-,39-37+. The molecular weight excluding hydrogens is 707 g/mol. The van der Waals surface area contributed by atoms with Crippen LogP contribution >= 0.6 is 7.82 Å². The molecule has 320 valence electrons. The lowest BCUT2D eigenvalue weighted by Gasteiger charge is -2.29. The molecule has 0 aliphatic rings. The molecule has 0 aliphatic carbocycles. The maximum Gasteiger partial charge on any atom is 0.268 e. The fraction of sp³-hybridized carbons (Fsp3) is 0.761. The summed E-state index contributed by atoms with van der Waals surface area (Å²) in [5.41, 5.74) is 0. The number of carbonyl (C=O) groups excluding carboxylic acids is 1. The topological polar surface area (TPSA) is 108 Å². The number of amides is 1. The molecular formula is C46H85N2O6P. The molecule has 0 heterocycles. The van der Waals surface area contributed by atoms with Gasteiger partial charge in [0.05, 0.1) is 39.9 Å². The predicted octanol–water partition coefficient (Wildman–Crippen LogP) is 11.6. The number of nitrogens with one attached hydrogen (secondary N) is 1. The molecule has 9 heteroatoms. The first-order valence-electron chi connectivity index (χ1n) is 22.2. The zero-order chi connectivity index (χ0) is 40.7. The summed E-state index contributed by atoms with van der Waals surface area (Å²) in [4.78, 5) is 25.2. The summed E-state index contributed by atoms with van der Waals surface area (Å²) >= 11 is 0. The zero-order valence-corrected chi connectivity index (χ0v) is 37.0. The van der Waals surface area contributed by atoms with Crippen LogP contribution in [0, 0.1) is 0 Å². The number of quaternary nitrogens is 1. The largest absolute Gasteiger partial charge is 0.756 e. The maximum absolute atomic E-state index is 12.8. The summed E-state index contributed by atoms with van der Waals surface area (Å²) in [6.07, 6.45) is 48.4. The Bertz CT molecular complexity index is 1080. The molecule has 0 aromatic rings. The van der Waals surface area contributed by atoms with E-state index in [9.17, 15) is 19.4 Å². The lowest BCUT2D eigenvalue weighted by atomic mass is 10.0. The second kappa shape index (κ2) is 37.8. The van der Waals surface area contributed by atoms with Gasteiger partial charge < -0.3 is 28.8 Å².